The van der Waals surface area contributed by atoms with E-state index in [0.717, 1.165) is 13.0 Å². The lowest BCUT2D eigenvalue weighted by Gasteiger charge is -2.36. The first-order valence-corrected chi connectivity index (χ1v) is 6.55. The predicted molar refractivity (Wildman–Crippen MR) is 65.3 cm³/mol. The van der Waals surface area contributed by atoms with Gasteiger partial charge in [-0.2, -0.15) is 0 Å². The van der Waals surface area contributed by atoms with Gasteiger partial charge >= 0.3 is 0 Å². The van der Waals surface area contributed by atoms with E-state index in [-0.39, 0.29) is 30.3 Å². The number of piperazine rings is 1. The van der Waals surface area contributed by atoms with E-state index < -0.39 is 0 Å². The molecule has 1 aliphatic carbocycles. The van der Waals surface area contributed by atoms with Crippen LogP contribution in [-0.4, -0.2) is 35.8 Å². The Morgan fingerprint density at radius 2 is 2.06 bits per heavy atom. The minimum Gasteiger partial charge on any atom is -0.343 e. The van der Waals surface area contributed by atoms with Gasteiger partial charge in [0.15, 0.2) is 0 Å². The molecule has 1 N–H and O–H groups in total. The van der Waals surface area contributed by atoms with Gasteiger partial charge in [-0.15, -0.1) is 0 Å². The Labute approximate surface area is 103 Å². The lowest BCUT2D eigenvalue weighted by atomic mass is 9.98. The Hall–Kier alpha value is -1.06. The molecule has 2 aliphatic rings. The van der Waals surface area contributed by atoms with Crippen molar-refractivity contribution in [3.63, 3.8) is 0 Å². The SMILES string of the molecule is CCC1(CN2CC(=O)NC(C(C)C)C2=O)CC1. The van der Waals surface area contributed by atoms with Crippen molar-refractivity contribution in [3.8, 4) is 0 Å². The molecule has 1 unspecified atom stereocenters. The number of rotatable bonds is 4. The normalized spacial score (nSPS) is 27.3. The maximum absolute atomic E-state index is 12.2. The van der Waals surface area contributed by atoms with Crippen molar-refractivity contribution < 1.29 is 9.59 Å². The highest BCUT2D eigenvalue weighted by Crippen LogP contribution is 2.49. The van der Waals surface area contributed by atoms with Gasteiger partial charge in [-0.3, -0.25) is 9.59 Å². The first-order valence-electron chi connectivity index (χ1n) is 6.55. The molecule has 0 aromatic carbocycles. The van der Waals surface area contributed by atoms with E-state index in [0.29, 0.717) is 5.41 Å². The summed E-state index contributed by atoms with van der Waals surface area (Å²) in [4.78, 5) is 25.6. The van der Waals surface area contributed by atoms with Crippen molar-refractivity contribution in [2.45, 2.75) is 46.1 Å². The fourth-order valence-corrected chi connectivity index (χ4v) is 2.52. The Bertz CT molecular complexity index is 334. The summed E-state index contributed by atoms with van der Waals surface area (Å²) < 4.78 is 0. The van der Waals surface area contributed by atoms with E-state index in [1.165, 1.54) is 12.8 Å². The molecule has 1 saturated heterocycles. The van der Waals surface area contributed by atoms with Gasteiger partial charge in [-0.05, 0) is 30.6 Å². The van der Waals surface area contributed by atoms with Gasteiger partial charge in [0.2, 0.25) is 11.8 Å². The standard InChI is InChI=1S/C13H22N2O2/c1-4-13(5-6-13)8-15-7-10(16)14-11(9(2)3)12(15)17/h9,11H,4-8H2,1-3H3,(H,14,16). The summed E-state index contributed by atoms with van der Waals surface area (Å²) in [6.07, 6.45) is 3.49. The minimum absolute atomic E-state index is 0.0183. The second kappa shape index (κ2) is 4.31. The zero-order valence-corrected chi connectivity index (χ0v) is 11.0. The first-order chi connectivity index (χ1) is 7.97. The molecule has 2 fully saturated rings. The van der Waals surface area contributed by atoms with Crippen LogP contribution in [0.4, 0.5) is 0 Å². The fraction of sp³-hybridized carbons (Fsp3) is 0.846. The van der Waals surface area contributed by atoms with Crippen LogP contribution in [0.25, 0.3) is 0 Å². The van der Waals surface area contributed by atoms with Crippen molar-refractivity contribution in [1.82, 2.24) is 10.2 Å². The highest BCUT2D eigenvalue weighted by molar-refractivity contribution is 5.95. The van der Waals surface area contributed by atoms with Crippen LogP contribution in [0.3, 0.4) is 0 Å². The summed E-state index contributed by atoms with van der Waals surface area (Å²) in [7, 11) is 0. The number of carbonyl (C=O) groups excluding carboxylic acids is 2. The predicted octanol–water partition coefficient (Wildman–Crippen LogP) is 1.16. The number of nitrogens with one attached hydrogen (secondary N) is 1. The third-order valence-electron chi connectivity index (χ3n) is 4.13. The van der Waals surface area contributed by atoms with Crippen molar-refractivity contribution >= 4 is 11.8 Å². The van der Waals surface area contributed by atoms with Crippen LogP contribution in [0.2, 0.25) is 0 Å². The molecule has 0 aromatic heterocycles. The average Bonchev–Trinajstić information content (AvgIpc) is 3.03. The van der Waals surface area contributed by atoms with E-state index in [2.05, 4.69) is 12.2 Å². The van der Waals surface area contributed by atoms with Crippen molar-refractivity contribution in [2.75, 3.05) is 13.1 Å². The summed E-state index contributed by atoms with van der Waals surface area (Å²) >= 11 is 0. The van der Waals surface area contributed by atoms with Gasteiger partial charge in [0, 0.05) is 6.54 Å². The monoisotopic (exact) mass is 238 g/mol. The summed E-state index contributed by atoms with van der Waals surface area (Å²) in [5.41, 5.74) is 0.314. The van der Waals surface area contributed by atoms with E-state index in [9.17, 15) is 9.59 Å². The Kier molecular flexibility index (Phi) is 3.15. The number of carbonyl (C=O) groups is 2. The molecular formula is C13H22N2O2. The Balaban J connectivity index is 2.05. The summed E-state index contributed by atoms with van der Waals surface area (Å²) in [5.74, 6) is 0.237. The van der Waals surface area contributed by atoms with Crippen LogP contribution in [0.15, 0.2) is 0 Å². The molecule has 2 rings (SSSR count). The maximum Gasteiger partial charge on any atom is 0.245 e. The Morgan fingerprint density at radius 3 is 2.53 bits per heavy atom. The van der Waals surface area contributed by atoms with Gasteiger partial charge in [-0.25, -0.2) is 0 Å². The van der Waals surface area contributed by atoms with E-state index in [4.69, 9.17) is 0 Å². The van der Waals surface area contributed by atoms with Crippen LogP contribution in [0, 0.1) is 11.3 Å². The zero-order chi connectivity index (χ0) is 12.6. The van der Waals surface area contributed by atoms with Gasteiger partial charge in [0.1, 0.15) is 6.04 Å². The van der Waals surface area contributed by atoms with Crippen molar-refractivity contribution in [3.05, 3.63) is 0 Å². The molecule has 1 atom stereocenters. The molecule has 0 aromatic rings. The van der Waals surface area contributed by atoms with Crippen LogP contribution >= 0.6 is 0 Å². The third kappa shape index (κ3) is 2.45. The van der Waals surface area contributed by atoms with Gasteiger partial charge in [0.05, 0.1) is 6.54 Å². The summed E-state index contributed by atoms with van der Waals surface area (Å²) in [5, 5.41) is 2.79. The first kappa shape index (κ1) is 12.4. The fourth-order valence-electron chi connectivity index (χ4n) is 2.52. The van der Waals surface area contributed by atoms with E-state index >= 15 is 0 Å². The van der Waals surface area contributed by atoms with Gasteiger partial charge < -0.3 is 10.2 Å². The molecule has 1 aliphatic heterocycles. The minimum atomic E-state index is -0.330. The molecule has 4 nitrogen and oxygen atoms in total. The van der Waals surface area contributed by atoms with Crippen molar-refractivity contribution in [2.24, 2.45) is 11.3 Å². The van der Waals surface area contributed by atoms with Crippen LogP contribution < -0.4 is 5.32 Å². The van der Waals surface area contributed by atoms with Gasteiger partial charge in [0.25, 0.3) is 0 Å². The van der Waals surface area contributed by atoms with Crippen LogP contribution in [0.1, 0.15) is 40.0 Å². The number of hydrogen-bond donors (Lipinski definition) is 1. The second-order valence-corrected chi connectivity index (χ2v) is 5.84. The van der Waals surface area contributed by atoms with E-state index in [1.807, 2.05) is 13.8 Å². The summed E-state index contributed by atoms with van der Waals surface area (Å²) in [6.45, 7) is 7.11. The number of amides is 2. The Morgan fingerprint density at radius 1 is 1.41 bits per heavy atom. The molecule has 2 amide bonds. The molecule has 0 bridgehead atoms. The van der Waals surface area contributed by atoms with Crippen LogP contribution in [0.5, 0.6) is 0 Å². The zero-order valence-electron chi connectivity index (χ0n) is 11.0. The smallest absolute Gasteiger partial charge is 0.245 e. The number of hydrogen-bond acceptors (Lipinski definition) is 2. The van der Waals surface area contributed by atoms with Crippen LogP contribution in [-0.2, 0) is 9.59 Å². The lowest BCUT2D eigenvalue weighted by molar-refractivity contribution is -0.146. The molecule has 4 heteroatoms. The highest BCUT2D eigenvalue weighted by Gasteiger charge is 2.45. The average molecular weight is 238 g/mol. The second-order valence-electron chi connectivity index (χ2n) is 5.84. The molecule has 0 radical (unpaired) electrons. The topological polar surface area (TPSA) is 49.4 Å². The summed E-state index contributed by atoms with van der Waals surface area (Å²) in [6, 6.07) is -0.330. The maximum atomic E-state index is 12.2. The molecule has 1 saturated carbocycles. The van der Waals surface area contributed by atoms with Gasteiger partial charge in [-0.1, -0.05) is 20.8 Å². The quantitative estimate of drug-likeness (QED) is 0.799. The van der Waals surface area contributed by atoms with Crippen molar-refractivity contribution in [1.29, 1.82) is 0 Å². The third-order valence-corrected chi connectivity index (χ3v) is 4.13. The van der Waals surface area contributed by atoms with E-state index in [1.54, 1.807) is 4.90 Å². The lowest BCUT2D eigenvalue weighted by Crippen LogP contribution is -2.60. The molecule has 96 valence electrons. The highest BCUT2D eigenvalue weighted by atomic mass is 16.2. The molecular weight excluding hydrogens is 216 g/mol. The molecule has 17 heavy (non-hydrogen) atoms. The largest absolute Gasteiger partial charge is 0.343 e. The molecule has 1 heterocycles. The number of nitrogens with zero attached hydrogens (tertiary/aromatic N) is 1. The molecule has 0 spiro atoms.